The second-order valence-electron chi connectivity index (χ2n) is 11.9. The summed E-state index contributed by atoms with van der Waals surface area (Å²) in [6.07, 6.45) is 5.49. The number of rotatable bonds is 10. The number of amides is 2. The predicted molar refractivity (Wildman–Crippen MR) is 181 cm³/mol. The summed E-state index contributed by atoms with van der Waals surface area (Å²) < 4.78 is 0. The lowest BCUT2D eigenvalue weighted by Crippen LogP contribution is -2.41. The normalized spacial score (nSPS) is 20.0. The average molecular weight is 617 g/mol. The molecule has 236 valence electrons. The van der Waals surface area contributed by atoms with Crippen LogP contribution in [-0.4, -0.2) is 57.0 Å². The van der Waals surface area contributed by atoms with E-state index < -0.39 is 12.5 Å². The van der Waals surface area contributed by atoms with Crippen LogP contribution < -0.4 is 10.6 Å². The van der Waals surface area contributed by atoms with E-state index in [0.29, 0.717) is 37.3 Å². The number of aliphatic hydroxyl groups excluding tert-OH is 2. The minimum Gasteiger partial charge on any atom is -0.374 e. The first-order valence-electron chi connectivity index (χ1n) is 15.9. The van der Waals surface area contributed by atoms with Gasteiger partial charge in [-0.25, -0.2) is 0 Å². The monoisotopic (exact) mass is 616 g/mol. The number of anilines is 2. The fourth-order valence-electron chi connectivity index (χ4n) is 6.36. The van der Waals surface area contributed by atoms with Crippen molar-refractivity contribution in [1.29, 1.82) is 0 Å². The number of likely N-dealkylation sites (tertiary alicyclic amines) is 2. The van der Waals surface area contributed by atoms with E-state index in [1.807, 2.05) is 131 Å². The molecule has 2 heterocycles. The molecule has 8 heteroatoms. The molecular formula is C38H40N4O4. The Hall–Kier alpha value is -4.60. The summed E-state index contributed by atoms with van der Waals surface area (Å²) in [5.41, 5.74) is 4.95. The molecule has 2 aliphatic rings. The highest BCUT2D eigenvalue weighted by molar-refractivity contribution is 5.96. The molecule has 2 fully saturated rings. The van der Waals surface area contributed by atoms with Crippen LogP contribution in [0.15, 0.2) is 109 Å². The third kappa shape index (κ3) is 7.43. The van der Waals surface area contributed by atoms with Crippen molar-refractivity contribution in [1.82, 2.24) is 9.80 Å². The van der Waals surface area contributed by atoms with Gasteiger partial charge >= 0.3 is 0 Å². The van der Waals surface area contributed by atoms with Gasteiger partial charge in [-0.1, -0.05) is 97.1 Å². The van der Waals surface area contributed by atoms with Gasteiger partial charge in [0.1, 0.15) is 12.5 Å². The number of nitrogens with zero attached hydrogens (tertiary/aromatic N) is 2. The lowest BCUT2D eigenvalue weighted by Gasteiger charge is -2.29. The van der Waals surface area contributed by atoms with Gasteiger partial charge in [0.25, 0.3) is 0 Å². The Balaban J connectivity index is 1.01. The van der Waals surface area contributed by atoms with Crippen LogP contribution in [-0.2, 0) is 9.59 Å². The van der Waals surface area contributed by atoms with E-state index in [-0.39, 0.29) is 23.9 Å². The second kappa shape index (κ2) is 14.7. The first-order valence-corrected chi connectivity index (χ1v) is 15.9. The van der Waals surface area contributed by atoms with Crippen molar-refractivity contribution in [3.8, 4) is 0 Å². The zero-order chi connectivity index (χ0) is 31.9. The van der Waals surface area contributed by atoms with Gasteiger partial charge in [0.15, 0.2) is 0 Å². The van der Waals surface area contributed by atoms with Crippen molar-refractivity contribution in [2.24, 2.45) is 0 Å². The molecule has 4 N–H and O–H groups in total. The Bertz CT molecular complexity index is 1500. The highest BCUT2D eigenvalue weighted by Crippen LogP contribution is 2.30. The predicted octanol–water partition coefficient (Wildman–Crippen LogP) is 6.05. The first kappa shape index (κ1) is 31.4. The van der Waals surface area contributed by atoms with E-state index in [2.05, 4.69) is 10.6 Å². The van der Waals surface area contributed by atoms with Gasteiger partial charge in [0.05, 0.1) is 12.1 Å². The van der Waals surface area contributed by atoms with E-state index in [9.17, 15) is 19.8 Å². The Morgan fingerprint density at radius 2 is 0.957 bits per heavy atom. The molecule has 4 aromatic rings. The number of hydrogen-bond donors (Lipinski definition) is 4. The topological polar surface area (TPSA) is 105 Å². The Labute approximate surface area is 270 Å². The number of aliphatic hydroxyl groups is 2. The molecule has 6 rings (SSSR count). The van der Waals surface area contributed by atoms with Gasteiger partial charge in [-0.2, -0.15) is 0 Å². The third-order valence-corrected chi connectivity index (χ3v) is 8.84. The van der Waals surface area contributed by atoms with Crippen LogP contribution in [0.25, 0.3) is 12.2 Å². The zero-order valence-corrected chi connectivity index (χ0v) is 25.7. The largest absolute Gasteiger partial charge is 0.374 e. The van der Waals surface area contributed by atoms with Crippen LogP contribution in [0.2, 0.25) is 0 Å². The fraction of sp³-hybridized carbons (Fsp3) is 0.263. The van der Waals surface area contributed by atoms with Crippen LogP contribution in [0.3, 0.4) is 0 Å². The van der Waals surface area contributed by atoms with Gasteiger partial charge in [0.2, 0.25) is 11.8 Å². The minimum atomic E-state index is -0.811. The summed E-state index contributed by atoms with van der Waals surface area (Å²) in [5.74, 6) is -0.230. The van der Waals surface area contributed by atoms with Crippen LogP contribution in [0.5, 0.6) is 0 Å². The molecule has 2 aliphatic heterocycles. The SMILES string of the molecule is O=C(Nc1ccc(/C=C/c2ccc(NC(=O)[C@@H]3CCCN3[C@H](O)c3ccccc3)cc2)cc1)[C@@H]1CCCN1[C@H](O)c1ccccc1. The first-order chi connectivity index (χ1) is 22.5. The van der Waals surface area contributed by atoms with Crippen LogP contribution in [0.4, 0.5) is 11.4 Å². The maximum absolute atomic E-state index is 13.1. The molecule has 0 bridgehead atoms. The Kier molecular flexibility index (Phi) is 10.0. The summed E-state index contributed by atoms with van der Waals surface area (Å²) in [6, 6.07) is 33.4. The van der Waals surface area contributed by atoms with E-state index in [1.54, 1.807) is 0 Å². The Morgan fingerprint density at radius 3 is 1.33 bits per heavy atom. The number of hydrogen-bond acceptors (Lipinski definition) is 6. The van der Waals surface area contributed by atoms with Gasteiger partial charge in [0, 0.05) is 24.5 Å². The van der Waals surface area contributed by atoms with E-state index >= 15 is 0 Å². The van der Waals surface area contributed by atoms with Gasteiger partial charge in [-0.15, -0.1) is 0 Å². The summed E-state index contributed by atoms with van der Waals surface area (Å²) >= 11 is 0. The molecular weight excluding hydrogens is 576 g/mol. The van der Waals surface area contributed by atoms with E-state index in [0.717, 1.165) is 35.1 Å². The molecule has 4 atom stereocenters. The van der Waals surface area contributed by atoms with Crippen LogP contribution in [0.1, 0.15) is 60.4 Å². The number of carbonyl (C=O) groups is 2. The van der Waals surface area contributed by atoms with Crippen LogP contribution >= 0.6 is 0 Å². The molecule has 0 unspecified atom stereocenters. The lowest BCUT2D eigenvalue weighted by atomic mass is 10.1. The smallest absolute Gasteiger partial charge is 0.241 e. The molecule has 0 radical (unpaired) electrons. The Morgan fingerprint density at radius 1 is 0.587 bits per heavy atom. The van der Waals surface area contributed by atoms with Gasteiger partial charge in [-0.3, -0.25) is 19.4 Å². The number of benzene rings is 4. The summed E-state index contributed by atoms with van der Waals surface area (Å²) in [6.45, 7) is 1.34. The van der Waals surface area contributed by atoms with Crippen LogP contribution in [0, 0.1) is 0 Å². The number of carbonyl (C=O) groups excluding carboxylic acids is 2. The van der Waals surface area contributed by atoms with Gasteiger partial charge < -0.3 is 20.8 Å². The summed E-state index contributed by atoms with van der Waals surface area (Å²) in [4.78, 5) is 29.9. The third-order valence-electron chi connectivity index (χ3n) is 8.84. The molecule has 4 aromatic carbocycles. The quantitative estimate of drug-likeness (QED) is 0.162. The number of nitrogens with one attached hydrogen (secondary N) is 2. The van der Waals surface area contributed by atoms with Gasteiger partial charge in [-0.05, 0) is 72.2 Å². The zero-order valence-electron chi connectivity index (χ0n) is 25.7. The molecule has 0 aliphatic carbocycles. The van der Waals surface area contributed by atoms with Crippen molar-refractivity contribution in [2.45, 2.75) is 50.2 Å². The maximum atomic E-state index is 13.1. The van der Waals surface area contributed by atoms with E-state index in [1.165, 1.54) is 0 Å². The van der Waals surface area contributed by atoms with Crippen molar-refractivity contribution in [2.75, 3.05) is 23.7 Å². The molecule has 0 aromatic heterocycles. The van der Waals surface area contributed by atoms with E-state index in [4.69, 9.17) is 0 Å². The standard InChI is InChI=1S/C38H40N4O4/c43-35(33-13-7-25-41(33)37(45)29-9-3-1-4-10-29)39-31-21-17-27(18-22-31)15-16-28-19-23-32(24-20-28)40-36(44)34-14-8-26-42(34)38(46)30-11-5-2-6-12-30/h1-6,9-12,15-24,33-34,37-38,45-46H,7-8,13-14,25-26H2,(H,39,43)(H,40,44)/b16-15+/t33-,34-,37+,38+/m0/s1. The molecule has 8 nitrogen and oxygen atoms in total. The molecule has 0 spiro atoms. The highest BCUT2D eigenvalue weighted by atomic mass is 16.3. The average Bonchev–Trinajstić information content (AvgIpc) is 3.80. The molecule has 2 amide bonds. The summed E-state index contributed by atoms with van der Waals surface area (Å²) in [5, 5.41) is 27.8. The highest BCUT2D eigenvalue weighted by Gasteiger charge is 2.36. The molecule has 2 saturated heterocycles. The van der Waals surface area contributed by atoms with Crippen molar-refractivity contribution >= 4 is 35.3 Å². The van der Waals surface area contributed by atoms with Crippen molar-refractivity contribution in [3.05, 3.63) is 131 Å². The molecule has 46 heavy (non-hydrogen) atoms. The maximum Gasteiger partial charge on any atom is 0.241 e. The fourth-order valence-corrected chi connectivity index (χ4v) is 6.36. The summed E-state index contributed by atoms with van der Waals surface area (Å²) in [7, 11) is 0. The van der Waals surface area contributed by atoms with Crippen molar-refractivity contribution < 1.29 is 19.8 Å². The molecule has 0 saturated carbocycles. The van der Waals surface area contributed by atoms with Crippen molar-refractivity contribution in [3.63, 3.8) is 0 Å². The lowest BCUT2D eigenvalue weighted by molar-refractivity contribution is -0.125. The second-order valence-corrected chi connectivity index (χ2v) is 11.9. The minimum absolute atomic E-state index is 0.115.